The highest BCUT2D eigenvalue weighted by molar-refractivity contribution is 8.18. The maximum Gasteiger partial charge on any atom is 0.117 e. The van der Waals surface area contributed by atoms with Crippen molar-refractivity contribution in [2.45, 2.75) is 120 Å². The molecular weight excluding hydrogens is 465 g/mol. The Morgan fingerprint density at radius 2 is 0.533 bits per heavy atom. The van der Waals surface area contributed by atoms with Crippen molar-refractivity contribution in [2.75, 3.05) is 0 Å². The molecule has 0 aromatic heterocycles. The largest absolute Gasteiger partial charge is 0.306 e. The zero-order valence-corrected chi connectivity index (χ0v) is 29.8. The van der Waals surface area contributed by atoms with Gasteiger partial charge in [0, 0.05) is 41.2 Å². The molecule has 178 valence electrons. The molecule has 8 heteroatoms. The fourth-order valence-corrected chi connectivity index (χ4v) is 232. The Hall–Kier alpha value is 0.641. The van der Waals surface area contributed by atoms with Gasteiger partial charge in [-0.1, -0.05) is 120 Å². The van der Waals surface area contributed by atoms with Gasteiger partial charge in [-0.25, -0.2) is 0 Å². The van der Waals surface area contributed by atoms with E-state index in [4.69, 9.17) is 0 Å². The lowest BCUT2D eigenvalue weighted by molar-refractivity contribution is -0.120. The maximum atomic E-state index is 15.0. The van der Waals surface area contributed by atoms with Crippen LogP contribution in [0.3, 0.4) is 0 Å². The molecule has 0 aliphatic rings. The smallest absolute Gasteiger partial charge is 0.117 e. The van der Waals surface area contributed by atoms with Crippen molar-refractivity contribution >= 4 is 54.4 Å². The Labute approximate surface area is 194 Å². The van der Waals surface area contributed by atoms with Gasteiger partial charge in [0.2, 0.25) is 0 Å². The van der Waals surface area contributed by atoms with Crippen LogP contribution in [0, 0.1) is 10.8 Å². The topological polar surface area (TPSA) is 34.1 Å². The molecule has 0 saturated heterocycles. The average Bonchev–Trinajstić information content (AvgIpc) is 2.34. The van der Waals surface area contributed by atoms with Crippen LogP contribution >= 0.6 is 0 Å². The van der Waals surface area contributed by atoms with E-state index in [1.54, 1.807) is 0 Å². The van der Waals surface area contributed by atoms with E-state index in [0.29, 0.717) is 10.8 Å². The molecule has 0 aromatic rings. The lowest BCUT2D eigenvalue weighted by Gasteiger charge is -2.68. The highest BCUT2D eigenvalue weighted by Crippen LogP contribution is 2.50. The van der Waals surface area contributed by atoms with E-state index in [1.165, 1.54) is 0 Å². The summed E-state index contributed by atoms with van der Waals surface area (Å²) in [5.41, 5.74) is -0.745. The predicted octanol–water partition coefficient (Wildman–Crippen LogP) is 6.94. The third kappa shape index (κ3) is 4.51. The summed E-state index contributed by atoms with van der Waals surface area (Å²) in [4.78, 5) is 30.0. The minimum Gasteiger partial charge on any atom is -0.306 e. The van der Waals surface area contributed by atoms with Crippen molar-refractivity contribution in [3.05, 3.63) is 0 Å². The van der Waals surface area contributed by atoms with Crippen molar-refractivity contribution in [3.8, 4) is 0 Å². The molecule has 0 amide bonds. The van der Waals surface area contributed by atoms with Gasteiger partial charge in [-0.15, -0.1) is 0 Å². The van der Waals surface area contributed by atoms with Gasteiger partial charge in [-0.2, -0.15) is 0 Å². The Kier molecular flexibility index (Phi) is 8.32. The molecule has 0 saturated carbocycles. The Balaban J connectivity index is 8.52. The molecule has 0 radical (unpaired) electrons. The molecule has 0 fully saturated rings. The van der Waals surface area contributed by atoms with Crippen molar-refractivity contribution in [1.29, 1.82) is 0 Å². The number of carbonyl (C=O) groups excluding carboxylic acids is 2. The summed E-state index contributed by atoms with van der Waals surface area (Å²) in [5.74, 6) is 0. The van der Waals surface area contributed by atoms with Gasteiger partial charge in [-0.3, -0.25) is 0 Å². The summed E-state index contributed by atoms with van der Waals surface area (Å²) in [7, 11) is -7.92. The normalized spacial score (nSPS) is 15.9. The Morgan fingerprint density at radius 3 is 0.600 bits per heavy atom. The molecule has 30 heavy (non-hydrogen) atoms. The van der Waals surface area contributed by atoms with E-state index < -0.39 is 43.6 Å². The number of hydrogen-bond donors (Lipinski definition) is 0. The van der Waals surface area contributed by atoms with Crippen LogP contribution in [0.25, 0.3) is 0 Å². The SMILES string of the molecule is CC(C)(C)C(=O)[Si]([Si](C)(C)C)([Si](C)(C)C)[Si](C(=O)C(C)(C)C)([Si](C)(C)C)[Si](C)(C)C. The molecule has 0 aliphatic carbocycles. The van der Waals surface area contributed by atoms with Crippen molar-refractivity contribution in [3.63, 3.8) is 0 Å². The molecular formula is C22H54O2Si6. The highest BCUT2D eigenvalue weighted by Gasteiger charge is 2.81. The second-order valence-electron chi connectivity index (χ2n) is 15.7. The molecule has 0 atom stereocenters. The minimum absolute atomic E-state index is 0.373. The molecule has 0 N–H and O–H groups in total. The van der Waals surface area contributed by atoms with Gasteiger partial charge in [0.05, 0.1) is 0 Å². The molecule has 2 nitrogen and oxygen atoms in total. The molecule has 0 heterocycles. The monoisotopic (exact) mass is 518 g/mol. The molecule has 0 unspecified atom stereocenters. The van der Waals surface area contributed by atoms with E-state index in [2.05, 4.69) is 120 Å². The molecule has 0 rings (SSSR count). The lowest BCUT2D eigenvalue weighted by atomic mass is 9.99. The first-order chi connectivity index (χ1) is 12.6. The van der Waals surface area contributed by atoms with Gasteiger partial charge in [0.1, 0.15) is 24.1 Å². The van der Waals surface area contributed by atoms with Gasteiger partial charge >= 0.3 is 0 Å². The second-order valence-corrected chi connectivity index (χ2v) is 78.1. The van der Waals surface area contributed by atoms with Crippen LogP contribution < -0.4 is 0 Å². The van der Waals surface area contributed by atoms with E-state index in [1.807, 2.05) is 0 Å². The van der Waals surface area contributed by atoms with E-state index in [9.17, 15) is 0 Å². The van der Waals surface area contributed by atoms with Crippen LogP contribution in [0.1, 0.15) is 41.5 Å². The summed E-state index contributed by atoms with van der Waals surface area (Å²) in [6.07, 6.45) is 0. The first kappa shape index (κ1) is 30.6. The first-order valence-electron chi connectivity index (χ1n) is 11.7. The second kappa shape index (κ2) is 8.14. The highest BCUT2D eigenvalue weighted by atomic mass is 30.2. The van der Waals surface area contributed by atoms with Crippen LogP contribution in [-0.4, -0.2) is 54.4 Å². The van der Waals surface area contributed by atoms with Crippen LogP contribution in [0.2, 0.25) is 78.6 Å². The van der Waals surface area contributed by atoms with Crippen molar-refractivity contribution in [2.24, 2.45) is 10.8 Å². The Bertz CT molecular complexity index is 583. The van der Waals surface area contributed by atoms with E-state index >= 15 is 9.59 Å². The van der Waals surface area contributed by atoms with Gasteiger partial charge in [-0.05, 0) is 0 Å². The van der Waals surface area contributed by atoms with Gasteiger partial charge < -0.3 is 9.59 Å². The fourth-order valence-electron chi connectivity index (χ4n) is 7.33. The minimum atomic E-state index is -2.61. The first-order valence-corrected chi connectivity index (χ1v) is 34.7. The standard InChI is InChI=1S/C22H54O2Si6/c1-21(2,3)19(23)29(25(7,8)9,26(10,11)12)30(27(13,14)15,28(16,17)18)20(24)22(4,5)6/h1-18H3. The van der Waals surface area contributed by atoms with Gasteiger partial charge in [0.25, 0.3) is 0 Å². The van der Waals surface area contributed by atoms with Crippen molar-refractivity contribution < 1.29 is 9.59 Å². The van der Waals surface area contributed by atoms with E-state index in [-0.39, 0.29) is 10.8 Å². The maximum absolute atomic E-state index is 15.0. The Morgan fingerprint density at radius 1 is 0.400 bits per heavy atom. The zero-order chi connectivity index (χ0) is 25.2. The van der Waals surface area contributed by atoms with Gasteiger partial charge in [0.15, 0.2) is 0 Å². The average molecular weight is 519 g/mol. The summed E-state index contributed by atoms with van der Waals surface area (Å²) >= 11 is 0. The van der Waals surface area contributed by atoms with Crippen LogP contribution in [0.4, 0.5) is 0 Å². The zero-order valence-electron chi connectivity index (χ0n) is 23.8. The third-order valence-corrected chi connectivity index (χ3v) is 131. The van der Waals surface area contributed by atoms with E-state index in [0.717, 1.165) is 0 Å². The fraction of sp³-hybridized carbons (Fsp3) is 0.909. The quantitative estimate of drug-likeness (QED) is 0.342. The summed E-state index contributed by atoms with van der Waals surface area (Å²) in [5, 5.41) is 1.17. The number of rotatable bonds is 7. The van der Waals surface area contributed by atoms with Crippen LogP contribution in [0.15, 0.2) is 0 Å². The number of carbonyl (C=O) groups is 2. The molecule has 0 aliphatic heterocycles. The summed E-state index contributed by atoms with van der Waals surface area (Å²) in [6.45, 7) is 37.5. The molecule has 0 spiro atoms. The predicted molar refractivity (Wildman–Crippen MR) is 154 cm³/mol. The van der Waals surface area contributed by atoms with Crippen LogP contribution in [0.5, 0.6) is 0 Å². The third-order valence-electron chi connectivity index (χ3n) is 7.11. The molecule has 0 bridgehead atoms. The lowest BCUT2D eigenvalue weighted by Crippen LogP contribution is -3.02. The van der Waals surface area contributed by atoms with Crippen LogP contribution in [-0.2, 0) is 9.59 Å². The summed E-state index contributed by atoms with van der Waals surface area (Å²) in [6, 6.07) is 0. The summed E-state index contributed by atoms with van der Waals surface area (Å²) < 4.78 is 0. The molecule has 0 aromatic carbocycles. The van der Waals surface area contributed by atoms with Crippen molar-refractivity contribution in [1.82, 2.24) is 0 Å². The number of hydrogen-bond acceptors (Lipinski definition) is 2.